The zero-order valence-corrected chi connectivity index (χ0v) is 29.8. The van der Waals surface area contributed by atoms with E-state index >= 15 is 8.78 Å². The van der Waals surface area contributed by atoms with Crippen LogP contribution < -0.4 is 0 Å². The summed E-state index contributed by atoms with van der Waals surface area (Å²) >= 11 is 0. The minimum Gasteiger partial charge on any atom is -0.297 e. The van der Waals surface area contributed by atoms with E-state index in [0.29, 0.717) is 11.4 Å². The minimum atomic E-state index is -1.78. The molecule has 13 heteroatoms. The third-order valence-electron chi connectivity index (χ3n) is 8.41. The summed E-state index contributed by atoms with van der Waals surface area (Å²) in [7, 11) is 0. The maximum atomic E-state index is 15.0. The van der Waals surface area contributed by atoms with E-state index in [4.69, 9.17) is 17.1 Å². The van der Waals surface area contributed by atoms with Gasteiger partial charge in [-0.15, -0.1) is 28.8 Å². The van der Waals surface area contributed by atoms with E-state index < -0.39 is 62.5 Å². The Morgan fingerprint density at radius 2 is 0.943 bits per heavy atom. The molecule has 3 aromatic heterocycles. The SMILES string of the molecule is CC(c1ccccn1)(c1ccccn1)c1[c-]cc(F)c(C#N)c1F.[C-]#[N+]c1c(F)c[c-]c(C(C)(c2ccccn2)c2[c-]cc(F)c(C#N)c2F)c1F.[Ir+3]. The maximum Gasteiger partial charge on any atom is 3.00 e. The molecule has 3 heterocycles. The second kappa shape index (κ2) is 16.4. The summed E-state index contributed by atoms with van der Waals surface area (Å²) in [6, 6.07) is 28.0. The van der Waals surface area contributed by atoms with Gasteiger partial charge in [-0.05, 0) is 50.2 Å². The summed E-state index contributed by atoms with van der Waals surface area (Å²) in [5, 5.41) is 18.1. The first-order valence-corrected chi connectivity index (χ1v) is 15.1. The Morgan fingerprint density at radius 1 is 0.585 bits per heavy atom. The van der Waals surface area contributed by atoms with Crippen molar-refractivity contribution in [2.24, 2.45) is 0 Å². The number of benzene rings is 3. The van der Waals surface area contributed by atoms with Crippen molar-refractivity contribution in [3.8, 4) is 12.1 Å². The molecule has 0 radical (unpaired) electrons. The Kier molecular flexibility index (Phi) is 12.3. The number of halogens is 6. The molecule has 0 N–H and O–H groups in total. The summed E-state index contributed by atoms with van der Waals surface area (Å²) in [4.78, 5) is 15.6. The van der Waals surface area contributed by atoms with Gasteiger partial charge in [0.05, 0.1) is 41.2 Å². The summed E-state index contributed by atoms with van der Waals surface area (Å²) in [6.45, 7) is 10.1. The molecular weight excluding hydrogens is 871 g/mol. The van der Waals surface area contributed by atoms with Crippen LogP contribution in [-0.4, -0.2) is 15.0 Å². The molecule has 0 aliphatic heterocycles. The van der Waals surface area contributed by atoms with Crippen LogP contribution in [-0.2, 0) is 30.9 Å². The van der Waals surface area contributed by atoms with Crippen molar-refractivity contribution in [3.05, 3.63) is 201 Å². The van der Waals surface area contributed by atoms with Crippen LogP contribution in [0.2, 0.25) is 0 Å². The number of hydrogen-bond acceptors (Lipinski definition) is 5. The van der Waals surface area contributed by atoms with Crippen molar-refractivity contribution in [3.63, 3.8) is 0 Å². The number of pyridine rings is 3. The fourth-order valence-corrected chi connectivity index (χ4v) is 5.64. The summed E-state index contributed by atoms with van der Waals surface area (Å²) in [5.41, 5.74) is -4.89. The molecule has 53 heavy (non-hydrogen) atoms. The second-order valence-electron chi connectivity index (χ2n) is 11.3. The van der Waals surface area contributed by atoms with Gasteiger partial charge in [0.2, 0.25) is 0 Å². The average molecular weight is 892 g/mol. The van der Waals surface area contributed by atoms with Crippen molar-refractivity contribution in [2.45, 2.75) is 24.7 Å². The normalized spacial score (nSPS) is 11.7. The van der Waals surface area contributed by atoms with Crippen LogP contribution in [0.3, 0.4) is 0 Å². The van der Waals surface area contributed by atoms with Crippen LogP contribution in [0.1, 0.15) is 58.7 Å². The minimum absolute atomic E-state index is 0. The van der Waals surface area contributed by atoms with Gasteiger partial charge in [-0.3, -0.25) is 46.1 Å². The molecule has 6 aromatic rings. The number of nitrogens with zero attached hydrogens (tertiary/aromatic N) is 6. The topological polar surface area (TPSA) is 90.6 Å². The van der Waals surface area contributed by atoms with Crippen LogP contribution in [0.25, 0.3) is 4.85 Å². The van der Waals surface area contributed by atoms with Crippen LogP contribution in [0.4, 0.5) is 32.0 Å². The largest absolute Gasteiger partial charge is 3.00 e. The average Bonchev–Trinajstić information content (AvgIpc) is 3.16. The smallest absolute Gasteiger partial charge is 0.297 e. The molecule has 3 aromatic carbocycles. The Hall–Kier alpha value is -6.19. The second-order valence-corrected chi connectivity index (χ2v) is 11.3. The van der Waals surface area contributed by atoms with Gasteiger partial charge in [-0.2, -0.15) is 34.8 Å². The molecule has 1 unspecified atom stereocenters. The molecule has 0 spiro atoms. The van der Waals surface area contributed by atoms with Crippen molar-refractivity contribution < 1.29 is 46.4 Å². The van der Waals surface area contributed by atoms with Gasteiger partial charge in [0.1, 0.15) is 5.69 Å². The predicted octanol–water partition coefficient (Wildman–Crippen LogP) is 8.79. The molecule has 0 saturated heterocycles. The van der Waals surface area contributed by atoms with Crippen LogP contribution in [0, 0.1) is 82.3 Å². The summed E-state index contributed by atoms with van der Waals surface area (Å²) in [5.74, 6) is -6.64. The van der Waals surface area contributed by atoms with Gasteiger partial charge in [0.15, 0.2) is 0 Å². The van der Waals surface area contributed by atoms with Crippen molar-refractivity contribution >= 4 is 5.69 Å². The van der Waals surface area contributed by atoms with Crippen molar-refractivity contribution in [1.82, 2.24) is 15.0 Å². The molecule has 0 aliphatic rings. The molecule has 0 bridgehead atoms. The molecule has 262 valence electrons. The van der Waals surface area contributed by atoms with Crippen molar-refractivity contribution in [2.75, 3.05) is 0 Å². The summed E-state index contributed by atoms with van der Waals surface area (Å²) in [6.07, 6.45) is 4.55. The Morgan fingerprint density at radius 3 is 1.30 bits per heavy atom. The standard InChI is InChI=1S/C21H9F4N3.C19H12F2N3.Ir/c1-21(17-5-3-4-10-28-17,13-6-8-15(22)12(11-26)18(13)24)14-7-9-16(23)20(27-2)19(14)25;1-19(16-6-2-4-10-23-16,17-7-3-5-11-24-17)14-8-9-15(20)13(12-22)18(14)21;/h3-5,8-10H,1H3;2-7,9-11H,1H3;/q-2;-1;+3. The van der Waals surface area contributed by atoms with Gasteiger partial charge in [-0.25, -0.2) is 0 Å². The molecule has 0 aliphatic carbocycles. The van der Waals surface area contributed by atoms with E-state index in [-0.39, 0.29) is 42.5 Å². The summed E-state index contributed by atoms with van der Waals surface area (Å²) < 4.78 is 86.2. The van der Waals surface area contributed by atoms with E-state index in [2.05, 4.69) is 38.0 Å². The molecule has 1 atom stereocenters. The van der Waals surface area contributed by atoms with E-state index in [1.165, 1.54) is 25.3 Å². The maximum absolute atomic E-state index is 15.0. The van der Waals surface area contributed by atoms with E-state index in [0.717, 1.165) is 18.2 Å². The number of aromatic nitrogens is 3. The number of hydrogen-bond donors (Lipinski definition) is 0. The predicted molar refractivity (Wildman–Crippen MR) is 175 cm³/mol. The number of nitriles is 2. The van der Waals surface area contributed by atoms with Gasteiger partial charge >= 0.3 is 20.1 Å². The van der Waals surface area contributed by atoms with E-state index in [1.807, 2.05) is 0 Å². The van der Waals surface area contributed by atoms with E-state index in [1.54, 1.807) is 73.9 Å². The van der Waals surface area contributed by atoms with Crippen LogP contribution in [0.5, 0.6) is 0 Å². The third-order valence-corrected chi connectivity index (χ3v) is 8.41. The zero-order valence-electron chi connectivity index (χ0n) is 27.4. The molecule has 0 amide bonds. The third kappa shape index (κ3) is 7.16. The van der Waals surface area contributed by atoms with Gasteiger partial charge in [-0.1, -0.05) is 18.2 Å². The van der Waals surface area contributed by atoms with Gasteiger partial charge in [0, 0.05) is 70.0 Å². The Balaban J connectivity index is 0.000000235. The molecule has 6 rings (SSSR count). The molecular formula is C40H21F6IrN6. The fourth-order valence-electron chi connectivity index (χ4n) is 5.64. The molecule has 0 fully saturated rings. The quantitative estimate of drug-likeness (QED) is 0.123. The Bertz CT molecular complexity index is 2280. The molecule has 0 saturated carbocycles. The first-order chi connectivity index (χ1) is 24.9. The first-order valence-electron chi connectivity index (χ1n) is 15.1. The zero-order chi connectivity index (χ0) is 37.6. The van der Waals surface area contributed by atoms with Crippen molar-refractivity contribution in [1.29, 1.82) is 10.5 Å². The Labute approximate surface area is 314 Å². The fraction of sp³-hybridized carbons (Fsp3) is 0.100. The van der Waals surface area contributed by atoms with Gasteiger partial charge in [0.25, 0.3) is 0 Å². The monoisotopic (exact) mass is 892 g/mol. The first kappa shape index (κ1) is 39.6. The van der Waals surface area contributed by atoms with Gasteiger partial charge < -0.3 is 0 Å². The van der Waals surface area contributed by atoms with E-state index in [9.17, 15) is 17.6 Å². The number of rotatable bonds is 6. The molecule has 6 nitrogen and oxygen atoms in total. The van der Waals surface area contributed by atoms with Crippen LogP contribution >= 0.6 is 0 Å². The van der Waals surface area contributed by atoms with Crippen LogP contribution in [0.15, 0.2) is 91.4 Å².